The fraction of sp³-hybridized carbons (Fsp3) is 0.571. The fourth-order valence-electron chi connectivity index (χ4n) is 1.91. The van der Waals surface area contributed by atoms with Gasteiger partial charge in [-0.3, -0.25) is 10.1 Å². The van der Waals surface area contributed by atoms with E-state index in [0.29, 0.717) is 16.6 Å². The number of ether oxygens (including phenoxy) is 1. The Kier molecular flexibility index (Phi) is 6.95. The third-order valence-corrected chi connectivity index (χ3v) is 3.41. The lowest BCUT2D eigenvalue weighted by Gasteiger charge is -2.14. The number of nitro benzene ring substituents is 1. The zero-order valence-electron chi connectivity index (χ0n) is 11.8. The Hall–Kier alpha value is -1.14. The molecule has 0 spiro atoms. The van der Waals surface area contributed by atoms with Crippen LogP contribution < -0.4 is 4.74 Å². The first-order valence-corrected chi connectivity index (χ1v) is 7.55. The predicted molar refractivity (Wildman–Crippen MR) is 81.1 cm³/mol. The van der Waals surface area contributed by atoms with Crippen molar-refractivity contribution in [2.24, 2.45) is 0 Å². The molecule has 1 rings (SSSR count). The molecule has 0 aromatic heterocycles. The maximum absolute atomic E-state index is 11.1. The van der Waals surface area contributed by atoms with Gasteiger partial charge in [0.1, 0.15) is 0 Å². The van der Waals surface area contributed by atoms with E-state index in [1.807, 2.05) is 0 Å². The Balaban J connectivity index is 2.92. The van der Waals surface area contributed by atoms with Crippen LogP contribution in [-0.4, -0.2) is 16.6 Å². The van der Waals surface area contributed by atoms with Crippen LogP contribution in [-0.2, 0) is 0 Å². The molecule has 0 bridgehead atoms. The number of hydrogen-bond acceptors (Lipinski definition) is 4. The number of nitro groups is 1. The predicted octanol–water partition coefficient (Wildman–Crippen LogP) is 4.37. The number of hydrogen-bond donors (Lipinski definition) is 1. The van der Waals surface area contributed by atoms with Crippen LogP contribution in [0.4, 0.5) is 5.69 Å². The minimum absolute atomic E-state index is 0.120. The first-order chi connectivity index (χ1) is 9.47. The van der Waals surface area contributed by atoms with Crippen molar-refractivity contribution in [2.45, 2.75) is 45.6 Å². The fourth-order valence-corrected chi connectivity index (χ4v) is 2.37. The summed E-state index contributed by atoms with van der Waals surface area (Å²) in [5, 5.41) is 20.9. The van der Waals surface area contributed by atoms with Gasteiger partial charge in [-0.2, -0.15) is 0 Å². The molecule has 112 valence electrons. The highest BCUT2D eigenvalue weighted by Gasteiger charge is 2.23. The molecule has 0 radical (unpaired) electrons. The number of unbranched alkanes of at least 4 members (excludes halogenated alkanes) is 3. The van der Waals surface area contributed by atoms with Gasteiger partial charge < -0.3 is 9.84 Å². The maximum Gasteiger partial charge on any atom is 0.312 e. The number of aliphatic hydroxyl groups excluding tert-OH is 1. The van der Waals surface area contributed by atoms with E-state index in [4.69, 9.17) is 4.74 Å². The Bertz CT molecular complexity index is 463. The highest BCUT2D eigenvalue weighted by molar-refractivity contribution is 9.10. The van der Waals surface area contributed by atoms with Gasteiger partial charge in [0, 0.05) is 16.1 Å². The standard InChI is InChI=1S/C14H20BrNO4/c1-3-4-5-6-7-20-14-12(10(2)17)8-11(15)9-13(14)16(18)19/h8-10,17H,3-7H2,1-2H3/t10-/m0/s1. The maximum atomic E-state index is 11.1. The monoisotopic (exact) mass is 345 g/mol. The Morgan fingerprint density at radius 2 is 2.10 bits per heavy atom. The second-order valence-electron chi connectivity index (χ2n) is 4.69. The molecule has 0 amide bonds. The molecule has 0 fully saturated rings. The van der Waals surface area contributed by atoms with Crippen molar-refractivity contribution in [3.63, 3.8) is 0 Å². The van der Waals surface area contributed by atoms with Crippen molar-refractivity contribution >= 4 is 21.6 Å². The van der Waals surface area contributed by atoms with Crippen molar-refractivity contribution in [2.75, 3.05) is 6.61 Å². The first kappa shape index (κ1) is 16.9. The highest BCUT2D eigenvalue weighted by atomic mass is 79.9. The largest absolute Gasteiger partial charge is 0.487 e. The average molecular weight is 346 g/mol. The number of benzene rings is 1. The smallest absolute Gasteiger partial charge is 0.312 e. The van der Waals surface area contributed by atoms with Crippen LogP contribution in [0.1, 0.15) is 51.2 Å². The van der Waals surface area contributed by atoms with Crippen LogP contribution in [0.25, 0.3) is 0 Å². The van der Waals surface area contributed by atoms with Crippen molar-refractivity contribution in [1.29, 1.82) is 0 Å². The highest BCUT2D eigenvalue weighted by Crippen LogP contribution is 2.37. The van der Waals surface area contributed by atoms with Gasteiger partial charge in [0.15, 0.2) is 0 Å². The van der Waals surface area contributed by atoms with Crippen LogP contribution >= 0.6 is 15.9 Å². The van der Waals surface area contributed by atoms with E-state index < -0.39 is 11.0 Å². The van der Waals surface area contributed by atoms with Gasteiger partial charge in [0.2, 0.25) is 5.75 Å². The Labute approximate surface area is 127 Å². The third kappa shape index (κ3) is 4.76. The minimum atomic E-state index is -0.822. The van der Waals surface area contributed by atoms with E-state index in [1.54, 1.807) is 13.0 Å². The molecule has 5 nitrogen and oxygen atoms in total. The van der Waals surface area contributed by atoms with Gasteiger partial charge in [-0.1, -0.05) is 42.1 Å². The lowest BCUT2D eigenvalue weighted by molar-refractivity contribution is -0.386. The van der Waals surface area contributed by atoms with Gasteiger partial charge >= 0.3 is 5.69 Å². The second kappa shape index (κ2) is 8.21. The SMILES string of the molecule is CCCCCCOc1c([C@H](C)O)cc(Br)cc1[N+](=O)[O-]. The van der Waals surface area contributed by atoms with Crippen molar-refractivity contribution < 1.29 is 14.8 Å². The quantitative estimate of drug-likeness (QED) is 0.431. The molecule has 0 aliphatic carbocycles. The molecule has 1 aromatic rings. The summed E-state index contributed by atoms with van der Waals surface area (Å²) in [6.45, 7) is 4.10. The van der Waals surface area contributed by atoms with Crippen LogP contribution in [0.2, 0.25) is 0 Å². The molecule has 0 aliphatic rings. The molecule has 1 N–H and O–H groups in total. The molecule has 0 aliphatic heterocycles. The first-order valence-electron chi connectivity index (χ1n) is 6.76. The molecule has 0 heterocycles. The van der Waals surface area contributed by atoms with E-state index in [1.165, 1.54) is 6.07 Å². The molecular weight excluding hydrogens is 326 g/mol. The summed E-state index contributed by atoms with van der Waals surface area (Å²) in [7, 11) is 0. The zero-order chi connectivity index (χ0) is 15.1. The molecule has 0 saturated heterocycles. The third-order valence-electron chi connectivity index (χ3n) is 2.95. The summed E-state index contributed by atoms with van der Waals surface area (Å²) in [4.78, 5) is 10.6. The number of aliphatic hydroxyl groups is 1. The zero-order valence-corrected chi connectivity index (χ0v) is 13.4. The molecule has 0 unspecified atom stereocenters. The average Bonchev–Trinajstić information content (AvgIpc) is 2.38. The van der Waals surface area contributed by atoms with Crippen molar-refractivity contribution in [3.05, 3.63) is 32.3 Å². The minimum Gasteiger partial charge on any atom is -0.487 e. The van der Waals surface area contributed by atoms with E-state index in [9.17, 15) is 15.2 Å². The summed E-state index contributed by atoms with van der Waals surface area (Å²) < 4.78 is 6.12. The van der Waals surface area contributed by atoms with Gasteiger partial charge in [-0.25, -0.2) is 0 Å². The number of nitrogens with zero attached hydrogens (tertiary/aromatic N) is 1. The van der Waals surface area contributed by atoms with E-state index in [-0.39, 0.29) is 11.4 Å². The van der Waals surface area contributed by atoms with E-state index >= 15 is 0 Å². The van der Waals surface area contributed by atoms with Crippen LogP contribution in [0, 0.1) is 10.1 Å². The second-order valence-corrected chi connectivity index (χ2v) is 5.60. The Morgan fingerprint density at radius 1 is 1.40 bits per heavy atom. The molecule has 1 atom stereocenters. The van der Waals surface area contributed by atoms with Crippen molar-refractivity contribution in [1.82, 2.24) is 0 Å². The van der Waals surface area contributed by atoms with E-state index in [2.05, 4.69) is 22.9 Å². The van der Waals surface area contributed by atoms with E-state index in [0.717, 1.165) is 25.7 Å². The topological polar surface area (TPSA) is 72.6 Å². The molecule has 20 heavy (non-hydrogen) atoms. The number of halogens is 1. The van der Waals surface area contributed by atoms with Gasteiger partial charge in [-0.05, 0) is 19.4 Å². The van der Waals surface area contributed by atoms with Crippen LogP contribution in [0.5, 0.6) is 5.75 Å². The summed E-state index contributed by atoms with van der Waals surface area (Å²) in [5.74, 6) is 0.171. The lowest BCUT2D eigenvalue weighted by Crippen LogP contribution is -2.05. The molecule has 6 heteroatoms. The Morgan fingerprint density at radius 3 is 2.65 bits per heavy atom. The normalized spacial score (nSPS) is 12.2. The summed E-state index contributed by atoms with van der Waals surface area (Å²) in [6.07, 6.45) is 3.30. The summed E-state index contributed by atoms with van der Waals surface area (Å²) >= 11 is 3.22. The van der Waals surface area contributed by atoms with Crippen molar-refractivity contribution in [3.8, 4) is 5.75 Å². The lowest BCUT2D eigenvalue weighted by atomic mass is 10.1. The van der Waals surface area contributed by atoms with Crippen LogP contribution in [0.3, 0.4) is 0 Å². The van der Waals surface area contributed by atoms with Gasteiger partial charge in [0.25, 0.3) is 0 Å². The summed E-state index contributed by atoms with van der Waals surface area (Å²) in [5.41, 5.74) is 0.312. The molecule has 0 saturated carbocycles. The van der Waals surface area contributed by atoms with Crippen LogP contribution in [0.15, 0.2) is 16.6 Å². The molecular formula is C14H20BrNO4. The van der Waals surface area contributed by atoms with Gasteiger partial charge in [-0.15, -0.1) is 0 Å². The number of rotatable bonds is 8. The molecule has 1 aromatic carbocycles. The summed E-state index contributed by atoms with van der Waals surface area (Å²) in [6, 6.07) is 3.05. The van der Waals surface area contributed by atoms with Gasteiger partial charge in [0.05, 0.1) is 17.6 Å².